The molecular weight excluding hydrogens is 306 g/mol. The molecule has 0 aromatic carbocycles. The van der Waals surface area contributed by atoms with Gasteiger partial charge in [-0.15, -0.1) is 10.2 Å². The maximum Gasteiger partial charge on any atom is 0.239 e. The molecule has 1 aromatic rings. The van der Waals surface area contributed by atoms with Crippen LogP contribution in [0.4, 0.5) is 0 Å². The zero-order chi connectivity index (χ0) is 17.6. The van der Waals surface area contributed by atoms with Crippen LogP contribution >= 0.6 is 0 Å². The van der Waals surface area contributed by atoms with Crippen molar-refractivity contribution in [2.75, 3.05) is 13.6 Å². The second-order valence-corrected chi connectivity index (χ2v) is 7.07. The van der Waals surface area contributed by atoms with Crippen LogP contribution in [0.1, 0.15) is 51.7 Å². The van der Waals surface area contributed by atoms with Gasteiger partial charge in [0, 0.05) is 25.6 Å². The third kappa shape index (κ3) is 5.50. The monoisotopic (exact) mass is 335 g/mol. The Bertz CT molecular complexity index is 586. The van der Waals surface area contributed by atoms with Gasteiger partial charge in [-0.25, -0.2) is 0 Å². The van der Waals surface area contributed by atoms with Crippen LogP contribution < -0.4 is 16.0 Å². The summed E-state index contributed by atoms with van der Waals surface area (Å²) in [6.45, 7) is 7.54. The van der Waals surface area contributed by atoms with Gasteiger partial charge in [-0.3, -0.25) is 9.79 Å². The quantitative estimate of drug-likeness (QED) is 0.553. The van der Waals surface area contributed by atoms with Gasteiger partial charge >= 0.3 is 0 Å². The molecule has 0 saturated heterocycles. The van der Waals surface area contributed by atoms with Crippen LogP contribution in [0.5, 0.6) is 0 Å². The van der Waals surface area contributed by atoms with Gasteiger partial charge in [-0.1, -0.05) is 6.42 Å². The predicted octanol–water partition coefficient (Wildman–Crippen LogP) is 0.584. The second kappa shape index (κ2) is 8.12. The summed E-state index contributed by atoms with van der Waals surface area (Å²) in [5.41, 5.74) is -0.241. The summed E-state index contributed by atoms with van der Waals surface area (Å²) in [6.07, 6.45) is 4.57. The lowest BCUT2D eigenvalue weighted by molar-refractivity contribution is -0.121. The standard InChI is InChI=1S/C16H29N7O/c1-16(2,3)20-14(24)11-19-15(17-4)18-10-13-22-21-12-8-6-5-7-9-23(12)13/h5-11H2,1-4H3,(H,20,24)(H2,17,18,19). The molecule has 1 aliphatic rings. The number of hydrogen-bond donors (Lipinski definition) is 3. The highest BCUT2D eigenvalue weighted by Gasteiger charge is 2.16. The lowest BCUT2D eigenvalue weighted by Gasteiger charge is -2.21. The number of carbonyl (C=O) groups is 1. The molecule has 0 aliphatic carbocycles. The zero-order valence-corrected chi connectivity index (χ0v) is 15.1. The first-order valence-electron chi connectivity index (χ1n) is 8.55. The number of guanidine groups is 1. The number of carbonyl (C=O) groups excluding carboxylic acids is 1. The van der Waals surface area contributed by atoms with Crippen molar-refractivity contribution >= 4 is 11.9 Å². The van der Waals surface area contributed by atoms with Crippen molar-refractivity contribution in [2.45, 2.75) is 65.1 Å². The summed E-state index contributed by atoms with van der Waals surface area (Å²) >= 11 is 0. The third-order valence-corrected chi connectivity index (χ3v) is 3.75. The largest absolute Gasteiger partial charge is 0.350 e. The highest BCUT2D eigenvalue weighted by atomic mass is 16.2. The molecular formula is C16H29N7O. The van der Waals surface area contributed by atoms with E-state index in [0.717, 1.165) is 31.0 Å². The van der Waals surface area contributed by atoms with Gasteiger partial charge in [-0.05, 0) is 33.6 Å². The first-order valence-corrected chi connectivity index (χ1v) is 8.55. The van der Waals surface area contributed by atoms with Crippen LogP contribution in [0.2, 0.25) is 0 Å². The van der Waals surface area contributed by atoms with Crippen molar-refractivity contribution in [3.05, 3.63) is 11.6 Å². The maximum absolute atomic E-state index is 11.9. The summed E-state index contributed by atoms with van der Waals surface area (Å²) in [4.78, 5) is 16.0. The number of aryl methyl sites for hydroxylation is 1. The van der Waals surface area contributed by atoms with Crippen molar-refractivity contribution in [2.24, 2.45) is 4.99 Å². The van der Waals surface area contributed by atoms with Crippen molar-refractivity contribution in [1.29, 1.82) is 0 Å². The molecule has 0 atom stereocenters. The molecule has 1 aromatic heterocycles. The third-order valence-electron chi connectivity index (χ3n) is 3.75. The molecule has 0 unspecified atom stereocenters. The van der Waals surface area contributed by atoms with E-state index in [-0.39, 0.29) is 18.0 Å². The van der Waals surface area contributed by atoms with Crippen molar-refractivity contribution in [1.82, 2.24) is 30.7 Å². The molecule has 24 heavy (non-hydrogen) atoms. The van der Waals surface area contributed by atoms with Gasteiger partial charge in [0.25, 0.3) is 0 Å². The SMILES string of the molecule is CN=C(NCC(=O)NC(C)(C)C)NCc1nnc2n1CCCCC2. The van der Waals surface area contributed by atoms with Crippen LogP contribution in [0.25, 0.3) is 0 Å². The highest BCUT2D eigenvalue weighted by molar-refractivity contribution is 5.86. The van der Waals surface area contributed by atoms with Crippen LogP contribution in [0.15, 0.2) is 4.99 Å². The van der Waals surface area contributed by atoms with Gasteiger partial charge in [0.2, 0.25) is 5.91 Å². The number of amides is 1. The molecule has 8 nitrogen and oxygen atoms in total. The summed E-state index contributed by atoms with van der Waals surface area (Å²) in [5.74, 6) is 2.48. The molecule has 8 heteroatoms. The topological polar surface area (TPSA) is 96.2 Å². The minimum atomic E-state index is -0.241. The van der Waals surface area contributed by atoms with Gasteiger partial charge in [0.1, 0.15) is 5.82 Å². The lowest BCUT2D eigenvalue weighted by Crippen LogP contribution is -2.48. The van der Waals surface area contributed by atoms with Crippen LogP contribution in [0.3, 0.4) is 0 Å². The average molecular weight is 335 g/mol. The Labute approximate surface area is 143 Å². The van der Waals surface area contributed by atoms with Crippen molar-refractivity contribution in [3.8, 4) is 0 Å². The molecule has 1 aliphatic heterocycles. The Morgan fingerprint density at radius 3 is 2.71 bits per heavy atom. The predicted molar refractivity (Wildman–Crippen MR) is 93.7 cm³/mol. The van der Waals surface area contributed by atoms with Crippen molar-refractivity contribution < 1.29 is 4.79 Å². The molecule has 1 amide bonds. The van der Waals surface area contributed by atoms with Gasteiger partial charge in [0.15, 0.2) is 11.8 Å². The Kier molecular flexibility index (Phi) is 6.16. The van der Waals surface area contributed by atoms with E-state index < -0.39 is 0 Å². The normalized spacial score (nSPS) is 15.4. The number of fused-ring (bicyclic) bond motifs is 1. The van der Waals surface area contributed by atoms with E-state index in [1.165, 1.54) is 12.8 Å². The van der Waals surface area contributed by atoms with E-state index >= 15 is 0 Å². The number of aliphatic imine (C=N–C) groups is 1. The molecule has 0 bridgehead atoms. The van der Waals surface area contributed by atoms with Crippen LogP contribution in [-0.4, -0.2) is 45.8 Å². The summed E-state index contributed by atoms with van der Waals surface area (Å²) in [6, 6.07) is 0. The zero-order valence-electron chi connectivity index (χ0n) is 15.1. The fraction of sp³-hybridized carbons (Fsp3) is 0.750. The fourth-order valence-corrected chi connectivity index (χ4v) is 2.69. The Morgan fingerprint density at radius 1 is 1.21 bits per heavy atom. The van der Waals surface area contributed by atoms with Gasteiger partial charge in [0.05, 0.1) is 13.1 Å². The Balaban J connectivity index is 1.84. The molecule has 0 fully saturated rings. The number of rotatable bonds is 4. The first-order chi connectivity index (χ1) is 11.4. The minimum Gasteiger partial charge on any atom is -0.350 e. The number of nitrogens with one attached hydrogen (secondary N) is 3. The van der Waals surface area contributed by atoms with E-state index in [4.69, 9.17) is 0 Å². The fourth-order valence-electron chi connectivity index (χ4n) is 2.69. The molecule has 0 saturated carbocycles. The maximum atomic E-state index is 11.9. The van der Waals surface area contributed by atoms with E-state index in [2.05, 4.69) is 35.7 Å². The Morgan fingerprint density at radius 2 is 2.00 bits per heavy atom. The summed E-state index contributed by atoms with van der Waals surface area (Å²) in [5, 5.41) is 17.7. The number of aromatic nitrogens is 3. The van der Waals surface area contributed by atoms with E-state index in [1.807, 2.05) is 20.8 Å². The minimum absolute atomic E-state index is 0.0678. The van der Waals surface area contributed by atoms with E-state index in [9.17, 15) is 4.79 Å². The van der Waals surface area contributed by atoms with Gasteiger partial charge in [-0.2, -0.15) is 0 Å². The first kappa shape index (κ1) is 18.2. The lowest BCUT2D eigenvalue weighted by atomic mass is 10.1. The highest BCUT2D eigenvalue weighted by Crippen LogP contribution is 2.14. The second-order valence-electron chi connectivity index (χ2n) is 7.07. The molecule has 134 valence electrons. The Hall–Kier alpha value is -2.12. The van der Waals surface area contributed by atoms with Crippen LogP contribution in [-0.2, 0) is 24.3 Å². The number of nitrogens with zero attached hydrogens (tertiary/aromatic N) is 4. The average Bonchev–Trinajstić information content (AvgIpc) is 2.73. The van der Waals surface area contributed by atoms with E-state index in [1.54, 1.807) is 7.05 Å². The molecule has 0 radical (unpaired) electrons. The summed E-state index contributed by atoms with van der Waals surface area (Å²) in [7, 11) is 1.68. The van der Waals surface area contributed by atoms with E-state index in [0.29, 0.717) is 12.5 Å². The molecule has 2 rings (SSSR count). The smallest absolute Gasteiger partial charge is 0.239 e. The number of hydrogen-bond acceptors (Lipinski definition) is 4. The summed E-state index contributed by atoms with van der Waals surface area (Å²) < 4.78 is 2.19. The van der Waals surface area contributed by atoms with Crippen molar-refractivity contribution in [3.63, 3.8) is 0 Å². The van der Waals surface area contributed by atoms with Gasteiger partial charge < -0.3 is 20.5 Å². The molecule has 2 heterocycles. The molecule has 3 N–H and O–H groups in total. The molecule has 0 spiro atoms. The van der Waals surface area contributed by atoms with Crippen LogP contribution in [0, 0.1) is 0 Å².